The summed E-state index contributed by atoms with van der Waals surface area (Å²) in [7, 11) is 0. The number of Topliss-reactive ketones (excluding diaryl/α,β-unsaturated/α-hetero) is 2. The van der Waals surface area contributed by atoms with Crippen LogP contribution in [0.1, 0.15) is 43.6 Å². The first-order valence-electron chi connectivity index (χ1n) is 7.73. The Labute approximate surface area is 137 Å². The highest BCUT2D eigenvalue weighted by atomic mass is 16.2. The van der Waals surface area contributed by atoms with Crippen LogP contribution in [-0.4, -0.2) is 17.1 Å². The monoisotopic (exact) mass is 309 g/mol. The molecule has 0 saturated carbocycles. The minimum Gasteiger partial charge on any atom is -0.335 e. The zero-order chi connectivity index (χ0) is 17.2. The molecule has 2 aromatic carbocycles. The third kappa shape index (κ3) is 3.50. The Balaban J connectivity index is 2.71. The fraction of sp³-hybridized carbons (Fsp3) is 0.300. The number of hydrogen-bond donors (Lipinski definition) is 0. The molecule has 3 nitrogen and oxygen atoms in total. The highest BCUT2D eigenvalue weighted by molar-refractivity contribution is 6.44. The van der Waals surface area contributed by atoms with Gasteiger partial charge >= 0.3 is 0 Å². The Bertz CT molecular complexity index is 741. The van der Waals surface area contributed by atoms with Gasteiger partial charge in [-0.15, -0.1) is 0 Å². The summed E-state index contributed by atoms with van der Waals surface area (Å²) in [5, 5.41) is 0. The second kappa shape index (κ2) is 6.37. The largest absolute Gasteiger partial charge is 0.335 e. The topological polar surface area (TPSA) is 37.4 Å². The zero-order valence-electron chi connectivity index (χ0n) is 14.4. The molecule has 0 N–H and O–H groups in total. The Hall–Kier alpha value is -2.42. The molecule has 0 aromatic heterocycles. The molecule has 0 aliphatic heterocycles. The fourth-order valence-corrected chi connectivity index (χ4v) is 2.72. The van der Waals surface area contributed by atoms with Gasteiger partial charge in [0.1, 0.15) is 0 Å². The Morgan fingerprint density at radius 1 is 0.870 bits per heavy atom. The van der Waals surface area contributed by atoms with Crippen molar-refractivity contribution in [2.24, 2.45) is 0 Å². The molecule has 2 rings (SSSR count). The summed E-state index contributed by atoms with van der Waals surface area (Å²) in [4.78, 5) is 26.1. The molecule has 2 aromatic rings. The molecular weight excluding hydrogens is 286 g/mol. The van der Waals surface area contributed by atoms with Gasteiger partial charge < -0.3 is 4.90 Å². The van der Waals surface area contributed by atoms with Gasteiger partial charge in [-0.3, -0.25) is 9.59 Å². The van der Waals surface area contributed by atoms with E-state index in [-0.39, 0.29) is 5.54 Å². The number of nitrogens with zero attached hydrogens (tertiary/aromatic N) is 1. The van der Waals surface area contributed by atoms with Crippen LogP contribution in [0.4, 0.5) is 11.4 Å². The van der Waals surface area contributed by atoms with E-state index in [1.807, 2.05) is 43.3 Å². The van der Waals surface area contributed by atoms with Crippen LogP contribution in [0.25, 0.3) is 0 Å². The number of anilines is 2. The molecule has 0 radical (unpaired) electrons. The van der Waals surface area contributed by atoms with Gasteiger partial charge in [-0.25, -0.2) is 0 Å². The number of hydrogen-bond acceptors (Lipinski definition) is 3. The van der Waals surface area contributed by atoms with E-state index in [1.54, 1.807) is 12.1 Å². The SMILES string of the molecule is CC(=O)C(=O)c1ccccc1N(c1ccccc1C)C(C)(C)C. The molecule has 0 aliphatic carbocycles. The predicted octanol–water partition coefficient (Wildman–Crippen LogP) is 4.70. The molecule has 0 amide bonds. The smallest absolute Gasteiger partial charge is 0.230 e. The van der Waals surface area contributed by atoms with Crippen molar-refractivity contribution in [1.29, 1.82) is 0 Å². The van der Waals surface area contributed by atoms with Gasteiger partial charge in [-0.05, 0) is 51.5 Å². The van der Waals surface area contributed by atoms with Crippen molar-refractivity contribution < 1.29 is 9.59 Å². The first-order valence-corrected chi connectivity index (χ1v) is 7.73. The summed E-state index contributed by atoms with van der Waals surface area (Å²) >= 11 is 0. The van der Waals surface area contributed by atoms with Crippen LogP contribution in [0.5, 0.6) is 0 Å². The van der Waals surface area contributed by atoms with Gasteiger partial charge in [0.25, 0.3) is 0 Å². The second-order valence-electron chi connectivity index (χ2n) is 6.70. The van der Waals surface area contributed by atoms with E-state index in [4.69, 9.17) is 0 Å². The van der Waals surface area contributed by atoms with E-state index in [0.29, 0.717) is 5.56 Å². The molecule has 0 fully saturated rings. The van der Waals surface area contributed by atoms with Crippen LogP contribution in [0.2, 0.25) is 0 Å². The molecule has 3 heteroatoms. The minimum absolute atomic E-state index is 0.251. The van der Waals surface area contributed by atoms with Crippen molar-refractivity contribution in [2.75, 3.05) is 4.90 Å². The first-order chi connectivity index (χ1) is 10.7. The van der Waals surface area contributed by atoms with Gasteiger partial charge in [0.2, 0.25) is 5.78 Å². The highest BCUT2D eigenvalue weighted by Gasteiger charge is 2.28. The number of rotatable bonds is 4. The average molecular weight is 309 g/mol. The lowest BCUT2D eigenvalue weighted by Crippen LogP contribution is -2.39. The minimum atomic E-state index is -0.455. The molecule has 0 spiro atoms. The van der Waals surface area contributed by atoms with Crippen LogP contribution in [0.15, 0.2) is 48.5 Å². The van der Waals surface area contributed by atoms with Gasteiger partial charge in [-0.1, -0.05) is 30.3 Å². The van der Waals surface area contributed by atoms with Crippen molar-refractivity contribution in [3.8, 4) is 0 Å². The van der Waals surface area contributed by atoms with Crippen LogP contribution in [0.3, 0.4) is 0 Å². The number of ketones is 2. The summed E-state index contributed by atoms with van der Waals surface area (Å²) in [6.45, 7) is 9.63. The molecule has 0 atom stereocenters. The average Bonchev–Trinajstić information content (AvgIpc) is 2.48. The molecule has 0 unspecified atom stereocenters. The van der Waals surface area contributed by atoms with Crippen molar-refractivity contribution in [3.63, 3.8) is 0 Å². The Morgan fingerprint density at radius 2 is 1.39 bits per heavy atom. The highest BCUT2D eigenvalue weighted by Crippen LogP contribution is 2.37. The van der Waals surface area contributed by atoms with E-state index >= 15 is 0 Å². The molecular formula is C20H23NO2. The van der Waals surface area contributed by atoms with Crippen molar-refractivity contribution in [1.82, 2.24) is 0 Å². The summed E-state index contributed by atoms with van der Waals surface area (Å²) in [5.41, 5.74) is 3.10. The molecule has 0 aliphatic rings. The number of carbonyl (C=O) groups is 2. The molecule has 0 bridgehead atoms. The third-order valence-electron chi connectivity index (χ3n) is 3.74. The quantitative estimate of drug-likeness (QED) is 0.606. The van der Waals surface area contributed by atoms with E-state index in [2.05, 4.69) is 25.7 Å². The second-order valence-corrected chi connectivity index (χ2v) is 6.70. The lowest BCUT2D eigenvalue weighted by molar-refractivity contribution is -0.113. The predicted molar refractivity (Wildman–Crippen MR) is 94.5 cm³/mol. The number of carbonyl (C=O) groups excluding carboxylic acids is 2. The maximum Gasteiger partial charge on any atom is 0.230 e. The van der Waals surface area contributed by atoms with Gasteiger partial charge in [0.15, 0.2) is 5.78 Å². The van der Waals surface area contributed by atoms with E-state index in [0.717, 1.165) is 16.9 Å². The summed E-state index contributed by atoms with van der Waals surface area (Å²) in [5.74, 6) is -0.903. The van der Waals surface area contributed by atoms with E-state index in [1.165, 1.54) is 6.92 Å². The van der Waals surface area contributed by atoms with Gasteiger partial charge in [0, 0.05) is 23.7 Å². The number of aryl methyl sites for hydroxylation is 1. The Kier molecular flexibility index (Phi) is 4.69. The summed E-state index contributed by atoms with van der Waals surface area (Å²) < 4.78 is 0. The maximum atomic E-state index is 12.3. The lowest BCUT2D eigenvalue weighted by atomic mass is 9.97. The van der Waals surface area contributed by atoms with Crippen LogP contribution in [-0.2, 0) is 4.79 Å². The van der Waals surface area contributed by atoms with E-state index in [9.17, 15) is 9.59 Å². The van der Waals surface area contributed by atoms with E-state index < -0.39 is 11.6 Å². The number of para-hydroxylation sites is 2. The zero-order valence-corrected chi connectivity index (χ0v) is 14.4. The summed E-state index contributed by atoms with van der Waals surface area (Å²) in [6.07, 6.45) is 0. The molecule has 23 heavy (non-hydrogen) atoms. The Morgan fingerprint density at radius 3 is 1.91 bits per heavy atom. The van der Waals surface area contributed by atoms with Crippen LogP contribution < -0.4 is 4.90 Å². The van der Waals surface area contributed by atoms with Gasteiger partial charge in [0.05, 0.1) is 5.69 Å². The van der Waals surface area contributed by atoms with Crippen molar-refractivity contribution in [3.05, 3.63) is 59.7 Å². The molecule has 120 valence electrons. The third-order valence-corrected chi connectivity index (χ3v) is 3.74. The lowest BCUT2D eigenvalue weighted by Gasteiger charge is -2.39. The van der Waals surface area contributed by atoms with Crippen LogP contribution >= 0.6 is 0 Å². The number of benzene rings is 2. The standard InChI is InChI=1S/C20H23NO2/c1-14-10-6-8-12-17(14)21(20(3,4)5)18-13-9-7-11-16(18)19(23)15(2)22/h6-13H,1-5H3. The van der Waals surface area contributed by atoms with Crippen LogP contribution in [0, 0.1) is 6.92 Å². The normalized spacial score (nSPS) is 11.2. The summed E-state index contributed by atoms with van der Waals surface area (Å²) in [6, 6.07) is 15.4. The fourth-order valence-electron chi connectivity index (χ4n) is 2.72. The van der Waals surface area contributed by atoms with Gasteiger partial charge in [-0.2, -0.15) is 0 Å². The first kappa shape index (κ1) is 16.9. The van der Waals surface area contributed by atoms with Crippen molar-refractivity contribution in [2.45, 2.75) is 40.2 Å². The van der Waals surface area contributed by atoms with Crippen molar-refractivity contribution >= 4 is 22.9 Å². The molecule has 0 saturated heterocycles. The molecule has 0 heterocycles. The maximum absolute atomic E-state index is 12.3.